The first-order valence-electron chi connectivity index (χ1n) is 4.35. The zero-order chi connectivity index (χ0) is 10.1. The van der Waals surface area contributed by atoms with E-state index < -0.39 is 6.04 Å². The molecule has 3 N–H and O–H groups in total. The zero-order valence-electron chi connectivity index (χ0n) is 8.08. The van der Waals surface area contributed by atoms with Gasteiger partial charge in [0.15, 0.2) is 0 Å². The summed E-state index contributed by atoms with van der Waals surface area (Å²) in [6.45, 7) is 4.24. The summed E-state index contributed by atoms with van der Waals surface area (Å²) in [6, 6.07) is -0.438. The Morgan fingerprint density at radius 3 is 3.00 bits per heavy atom. The van der Waals surface area contributed by atoms with Crippen LogP contribution < -0.4 is 11.1 Å². The first-order chi connectivity index (χ1) is 6.22. The summed E-state index contributed by atoms with van der Waals surface area (Å²) < 4.78 is 0. The Bertz CT molecular complexity index is 162. The van der Waals surface area contributed by atoms with Crippen LogP contribution in [0.5, 0.6) is 0 Å². The third-order valence-corrected chi connectivity index (χ3v) is 2.28. The van der Waals surface area contributed by atoms with Crippen molar-refractivity contribution in [2.24, 2.45) is 5.73 Å². The van der Waals surface area contributed by atoms with Crippen LogP contribution in [0.15, 0.2) is 12.7 Å². The van der Waals surface area contributed by atoms with E-state index >= 15 is 0 Å². The quantitative estimate of drug-likeness (QED) is 0.473. The van der Waals surface area contributed by atoms with Crippen LogP contribution in [0.25, 0.3) is 0 Å². The van der Waals surface area contributed by atoms with Gasteiger partial charge in [-0.3, -0.25) is 4.79 Å². The van der Waals surface area contributed by atoms with Crippen molar-refractivity contribution in [3.8, 4) is 0 Å². The van der Waals surface area contributed by atoms with Gasteiger partial charge >= 0.3 is 0 Å². The summed E-state index contributed by atoms with van der Waals surface area (Å²) >= 11 is 1.77. The van der Waals surface area contributed by atoms with Gasteiger partial charge in [-0.2, -0.15) is 11.8 Å². The highest BCUT2D eigenvalue weighted by molar-refractivity contribution is 7.98. The van der Waals surface area contributed by atoms with Crippen molar-refractivity contribution >= 4 is 17.7 Å². The standard InChI is InChI=1S/C9H18N2OS/c1-3-5-8(10)9(12)11-6-4-7-13-2/h3,8H,1,4-7,10H2,2H3,(H,11,12). The van der Waals surface area contributed by atoms with E-state index in [1.807, 2.05) is 6.26 Å². The van der Waals surface area contributed by atoms with Crippen molar-refractivity contribution < 1.29 is 4.79 Å². The van der Waals surface area contributed by atoms with Gasteiger partial charge in [0.2, 0.25) is 5.91 Å². The summed E-state index contributed by atoms with van der Waals surface area (Å²) in [5.74, 6) is 0.984. The summed E-state index contributed by atoms with van der Waals surface area (Å²) in [7, 11) is 0. The van der Waals surface area contributed by atoms with Gasteiger partial charge in [0.05, 0.1) is 6.04 Å². The number of nitrogens with two attached hydrogens (primary N) is 1. The Morgan fingerprint density at radius 2 is 2.46 bits per heavy atom. The van der Waals surface area contributed by atoms with Gasteiger partial charge < -0.3 is 11.1 Å². The van der Waals surface area contributed by atoms with Gasteiger partial charge in [-0.25, -0.2) is 0 Å². The third kappa shape index (κ3) is 6.66. The number of carbonyl (C=O) groups is 1. The minimum Gasteiger partial charge on any atom is -0.355 e. The van der Waals surface area contributed by atoms with Gasteiger partial charge in [0, 0.05) is 6.54 Å². The molecule has 0 bridgehead atoms. The predicted molar refractivity (Wildman–Crippen MR) is 58.8 cm³/mol. The van der Waals surface area contributed by atoms with E-state index in [0.717, 1.165) is 12.2 Å². The number of thioether (sulfide) groups is 1. The molecule has 0 aliphatic carbocycles. The Morgan fingerprint density at radius 1 is 1.77 bits per heavy atom. The van der Waals surface area contributed by atoms with Crippen molar-refractivity contribution in [1.82, 2.24) is 5.32 Å². The average molecular weight is 202 g/mol. The van der Waals surface area contributed by atoms with Gasteiger partial charge in [0.25, 0.3) is 0 Å². The Balaban J connectivity index is 3.44. The Kier molecular flexibility index (Phi) is 7.83. The SMILES string of the molecule is C=CCC(N)C(=O)NCCCSC. The van der Waals surface area contributed by atoms with Crippen molar-refractivity contribution in [2.75, 3.05) is 18.6 Å². The average Bonchev–Trinajstić information content (AvgIpc) is 2.12. The van der Waals surface area contributed by atoms with Crippen LogP contribution in [0.1, 0.15) is 12.8 Å². The number of hydrogen-bond donors (Lipinski definition) is 2. The lowest BCUT2D eigenvalue weighted by Crippen LogP contribution is -2.40. The highest BCUT2D eigenvalue weighted by Crippen LogP contribution is 1.94. The number of amides is 1. The predicted octanol–water partition coefficient (Wildman–Crippen LogP) is 0.759. The molecular formula is C9H18N2OS. The highest BCUT2D eigenvalue weighted by Gasteiger charge is 2.09. The third-order valence-electron chi connectivity index (χ3n) is 1.58. The second-order valence-corrected chi connectivity index (χ2v) is 3.75. The lowest BCUT2D eigenvalue weighted by molar-refractivity contribution is -0.122. The first-order valence-corrected chi connectivity index (χ1v) is 5.75. The molecule has 0 heterocycles. The van der Waals surface area contributed by atoms with Crippen LogP contribution in [0.3, 0.4) is 0 Å². The summed E-state index contributed by atoms with van der Waals surface area (Å²) in [4.78, 5) is 11.2. The molecule has 1 atom stereocenters. The van der Waals surface area contributed by atoms with Crippen LogP contribution in [-0.4, -0.2) is 30.5 Å². The topological polar surface area (TPSA) is 55.1 Å². The molecule has 76 valence electrons. The largest absolute Gasteiger partial charge is 0.355 e. The van der Waals surface area contributed by atoms with E-state index in [1.54, 1.807) is 17.8 Å². The van der Waals surface area contributed by atoms with Gasteiger partial charge in [0.1, 0.15) is 0 Å². The molecule has 0 spiro atoms. The summed E-state index contributed by atoms with van der Waals surface area (Å²) in [5, 5.41) is 2.78. The van der Waals surface area contributed by atoms with E-state index in [4.69, 9.17) is 5.73 Å². The minimum absolute atomic E-state index is 0.0824. The number of nitrogens with one attached hydrogen (secondary N) is 1. The molecule has 0 aromatic heterocycles. The molecule has 0 aliphatic heterocycles. The molecule has 0 aromatic rings. The van der Waals surface area contributed by atoms with Crippen LogP contribution in [0, 0.1) is 0 Å². The molecule has 13 heavy (non-hydrogen) atoms. The molecule has 0 radical (unpaired) electrons. The molecule has 3 nitrogen and oxygen atoms in total. The van der Waals surface area contributed by atoms with Gasteiger partial charge in [-0.05, 0) is 24.9 Å². The fraction of sp³-hybridized carbons (Fsp3) is 0.667. The fourth-order valence-electron chi connectivity index (χ4n) is 0.846. The maximum atomic E-state index is 11.2. The molecule has 1 amide bonds. The van der Waals surface area contributed by atoms with E-state index in [9.17, 15) is 4.79 Å². The second-order valence-electron chi connectivity index (χ2n) is 2.77. The summed E-state index contributed by atoms with van der Waals surface area (Å²) in [5.41, 5.74) is 5.55. The molecule has 0 rings (SSSR count). The number of hydrogen-bond acceptors (Lipinski definition) is 3. The summed E-state index contributed by atoms with van der Waals surface area (Å²) in [6.07, 6.45) is 5.24. The molecule has 0 saturated heterocycles. The van der Waals surface area contributed by atoms with E-state index in [-0.39, 0.29) is 5.91 Å². The highest BCUT2D eigenvalue weighted by atomic mass is 32.2. The van der Waals surface area contributed by atoms with Crippen LogP contribution in [0.4, 0.5) is 0 Å². The molecule has 4 heteroatoms. The van der Waals surface area contributed by atoms with Gasteiger partial charge in [-0.1, -0.05) is 6.08 Å². The number of carbonyl (C=O) groups excluding carboxylic acids is 1. The lowest BCUT2D eigenvalue weighted by atomic mass is 10.2. The molecule has 1 unspecified atom stereocenters. The van der Waals surface area contributed by atoms with Gasteiger partial charge in [-0.15, -0.1) is 6.58 Å². The zero-order valence-corrected chi connectivity index (χ0v) is 8.90. The maximum absolute atomic E-state index is 11.2. The van der Waals surface area contributed by atoms with Crippen LogP contribution >= 0.6 is 11.8 Å². The van der Waals surface area contributed by atoms with Crippen molar-refractivity contribution in [1.29, 1.82) is 0 Å². The Labute approximate surface area is 84.1 Å². The molecule has 0 aliphatic rings. The second kappa shape index (κ2) is 8.13. The van der Waals surface area contributed by atoms with E-state index in [1.165, 1.54) is 0 Å². The minimum atomic E-state index is -0.438. The molecular weight excluding hydrogens is 184 g/mol. The first kappa shape index (κ1) is 12.5. The fourth-order valence-corrected chi connectivity index (χ4v) is 1.28. The smallest absolute Gasteiger partial charge is 0.237 e. The van der Waals surface area contributed by atoms with Crippen molar-refractivity contribution in [3.05, 3.63) is 12.7 Å². The molecule has 0 aromatic carbocycles. The van der Waals surface area contributed by atoms with E-state index in [0.29, 0.717) is 13.0 Å². The van der Waals surface area contributed by atoms with Crippen molar-refractivity contribution in [2.45, 2.75) is 18.9 Å². The van der Waals surface area contributed by atoms with E-state index in [2.05, 4.69) is 11.9 Å². The van der Waals surface area contributed by atoms with Crippen molar-refractivity contribution in [3.63, 3.8) is 0 Å². The molecule has 0 saturated carbocycles. The number of rotatable bonds is 7. The monoisotopic (exact) mass is 202 g/mol. The normalized spacial score (nSPS) is 12.2. The van der Waals surface area contributed by atoms with Crippen LogP contribution in [0.2, 0.25) is 0 Å². The Hall–Kier alpha value is -0.480. The van der Waals surface area contributed by atoms with Crippen LogP contribution in [-0.2, 0) is 4.79 Å². The lowest BCUT2D eigenvalue weighted by Gasteiger charge is -2.09. The maximum Gasteiger partial charge on any atom is 0.237 e. The molecule has 0 fully saturated rings.